The van der Waals surface area contributed by atoms with Gasteiger partial charge in [-0.05, 0) is 11.6 Å². The Morgan fingerprint density at radius 3 is 2.42 bits per heavy atom. The number of hydrogen-bond acceptors (Lipinski definition) is 5. The van der Waals surface area contributed by atoms with Gasteiger partial charge >= 0.3 is 0 Å². The normalized spacial score (nSPS) is 9.89. The van der Waals surface area contributed by atoms with E-state index >= 15 is 0 Å². The molecule has 0 aliphatic heterocycles. The van der Waals surface area contributed by atoms with Crippen molar-refractivity contribution in [3.63, 3.8) is 0 Å². The first kappa shape index (κ1) is 12.6. The number of nitrogens with one attached hydrogen (secondary N) is 1. The molecule has 0 aliphatic carbocycles. The summed E-state index contributed by atoms with van der Waals surface area (Å²) in [7, 11) is 0. The topological polar surface area (TPSA) is 98.0 Å². The van der Waals surface area contributed by atoms with E-state index in [1.165, 1.54) is 24.5 Å². The van der Waals surface area contributed by atoms with Crippen LogP contribution < -0.4 is 5.32 Å². The lowest BCUT2D eigenvalue weighted by Crippen LogP contribution is -2.16. The van der Waals surface area contributed by atoms with Crippen molar-refractivity contribution in [2.45, 2.75) is 6.42 Å². The number of carbonyl (C=O) groups is 1. The van der Waals surface area contributed by atoms with E-state index in [9.17, 15) is 14.9 Å². The van der Waals surface area contributed by atoms with E-state index in [2.05, 4.69) is 15.3 Å². The van der Waals surface area contributed by atoms with Gasteiger partial charge in [0.05, 0.1) is 11.3 Å². The van der Waals surface area contributed by atoms with Gasteiger partial charge in [-0.3, -0.25) is 20.2 Å². The second kappa shape index (κ2) is 5.67. The zero-order valence-corrected chi connectivity index (χ0v) is 9.81. The van der Waals surface area contributed by atoms with Crippen molar-refractivity contribution in [3.05, 3.63) is 58.4 Å². The Kier molecular flexibility index (Phi) is 3.77. The first-order valence-electron chi connectivity index (χ1n) is 5.45. The average molecular weight is 258 g/mol. The maximum Gasteiger partial charge on any atom is 0.269 e. The maximum absolute atomic E-state index is 11.7. The molecule has 96 valence electrons. The van der Waals surface area contributed by atoms with E-state index in [1.807, 2.05) is 0 Å². The van der Waals surface area contributed by atoms with Gasteiger partial charge in [-0.1, -0.05) is 12.1 Å². The summed E-state index contributed by atoms with van der Waals surface area (Å²) in [5.41, 5.74) is 0.676. The number of rotatable bonds is 4. The minimum Gasteiger partial charge on any atom is -0.294 e. The molecule has 0 saturated carbocycles. The van der Waals surface area contributed by atoms with Gasteiger partial charge in [0.15, 0.2) is 0 Å². The Hall–Kier alpha value is -2.83. The van der Waals surface area contributed by atoms with E-state index < -0.39 is 4.92 Å². The van der Waals surface area contributed by atoms with Gasteiger partial charge in [0.2, 0.25) is 11.9 Å². The van der Waals surface area contributed by atoms with Crippen LogP contribution in [0.1, 0.15) is 5.56 Å². The number of hydrogen-bond donors (Lipinski definition) is 1. The molecule has 2 aromatic rings. The maximum atomic E-state index is 11.7. The Balaban J connectivity index is 1.97. The molecule has 0 atom stereocenters. The van der Waals surface area contributed by atoms with Crippen LogP contribution >= 0.6 is 0 Å². The Labute approximate surface area is 108 Å². The lowest BCUT2D eigenvalue weighted by atomic mass is 10.1. The van der Waals surface area contributed by atoms with Crippen LogP contribution in [0.4, 0.5) is 11.6 Å². The minimum atomic E-state index is -0.484. The van der Waals surface area contributed by atoms with E-state index in [0.29, 0.717) is 5.56 Å². The van der Waals surface area contributed by atoms with Crippen molar-refractivity contribution in [3.8, 4) is 0 Å². The second-order valence-electron chi connectivity index (χ2n) is 3.72. The van der Waals surface area contributed by atoms with Crippen LogP contribution in [-0.2, 0) is 11.2 Å². The third kappa shape index (κ3) is 3.56. The number of nitro benzene ring substituents is 1. The molecular formula is C12H10N4O3. The molecule has 7 heteroatoms. The van der Waals surface area contributed by atoms with Gasteiger partial charge in [-0.2, -0.15) is 0 Å². The van der Waals surface area contributed by atoms with E-state index in [4.69, 9.17) is 0 Å². The molecule has 1 heterocycles. The fraction of sp³-hybridized carbons (Fsp3) is 0.0833. The van der Waals surface area contributed by atoms with Crippen LogP contribution in [0, 0.1) is 10.1 Å². The summed E-state index contributed by atoms with van der Waals surface area (Å²) in [6.07, 6.45) is 3.15. The molecular weight excluding hydrogens is 248 g/mol. The van der Waals surface area contributed by atoms with E-state index in [1.54, 1.807) is 18.2 Å². The molecule has 1 aromatic heterocycles. The van der Waals surface area contributed by atoms with Crippen LogP contribution in [0.2, 0.25) is 0 Å². The Morgan fingerprint density at radius 2 is 1.84 bits per heavy atom. The molecule has 0 spiro atoms. The lowest BCUT2D eigenvalue weighted by Gasteiger charge is -2.03. The Bertz CT molecular complexity index is 584. The number of benzene rings is 1. The third-order valence-corrected chi connectivity index (χ3v) is 2.33. The zero-order valence-electron chi connectivity index (χ0n) is 9.81. The molecule has 0 fully saturated rings. The van der Waals surface area contributed by atoms with Crippen molar-refractivity contribution in [2.24, 2.45) is 0 Å². The smallest absolute Gasteiger partial charge is 0.269 e. The molecule has 2 rings (SSSR count). The third-order valence-electron chi connectivity index (χ3n) is 2.33. The highest BCUT2D eigenvalue weighted by Crippen LogP contribution is 2.12. The van der Waals surface area contributed by atoms with E-state index in [-0.39, 0.29) is 24.0 Å². The summed E-state index contributed by atoms with van der Waals surface area (Å²) in [6, 6.07) is 7.46. The number of non-ortho nitro benzene ring substituents is 1. The summed E-state index contributed by atoms with van der Waals surface area (Å²) in [6.45, 7) is 0. The highest BCUT2D eigenvalue weighted by atomic mass is 16.6. The van der Waals surface area contributed by atoms with Gasteiger partial charge in [0.1, 0.15) is 0 Å². The lowest BCUT2D eigenvalue weighted by molar-refractivity contribution is -0.384. The van der Waals surface area contributed by atoms with Crippen LogP contribution in [0.25, 0.3) is 0 Å². The Morgan fingerprint density at radius 1 is 1.21 bits per heavy atom. The molecule has 0 radical (unpaired) electrons. The average Bonchev–Trinajstić information content (AvgIpc) is 2.40. The fourth-order valence-electron chi connectivity index (χ4n) is 1.45. The van der Waals surface area contributed by atoms with Crippen molar-refractivity contribution in [1.29, 1.82) is 0 Å². The fourth-order valence-corrected chi connectivity index (χ4v) is 1.45. The number of nitrogens with zero attached hydrogens (tertiary/aromatic N) is 3. The molecule has 1 amide bonds. The number of amides is 1. The molecule has 1 aromatic carbocycles. The van der Waals surface area contributed by atoms with Crippen molar-refractivity contribution in [2.75, 3.05) is 5.32 Å². The van der Waals surface area contributed by atoms with Crippen molar-refractivity contribution >= 4 is 17.5 Å². The van der Waals surface area contributed by atoms with Gasteiger partial charge < -0.3 is 0 Å². The standard InChI is InChI=1S/C12H10N4O3/c17-11(15-12-13-6-1-7-14-12)8-9-2-4-10(5-3-9)16(18)19/h1-7H,8H2,(H,13,14,15,17). The quantitative estimate of drug-likeness (QED) is 0.663. The molecule has 1 N–H and O–H groups in total. The number of nitro groups is 1. The van der Waals surface area contributed by atoms with Gasteiger partial charge in [0.25, 0.3) is 5.69 Å². The number of carbonyl (C=O) groups excluding carboxylic acids is 1. The highest BCUT2D eigenvalue weighted by molar-refractivity contribution is 5.90. The summed E-state index contributed by atoms with van der Waals surface area (Å²) in [5, 5.41) is 13.0. The minimum absolute atomic E-state index is 0.00412. The second-order valence-corrected chi connectivity index (χ2v) is 3.72. The summed E-state index contributed by atoms with van der Waals surface area (Å²) in [4.78, 5) is 29.4. The van der Waals surface area contributed by atoms with Crippen LogP contribution in [0.3, 0.4) is 0 Å². The molecule has 7 nitrogen and oxygen atoms in total. The molecule has 0 bridgehead atoms. The highest BCUT2D eigenvalue weighted by Gasteiger charge is 2.08. The number of anilines is 1. The first-order valence-corrected chi connectivity index (χ1v) is 5.45. The predicted octanol–water partition coefficient (Wildman–Crippen LogP) is 1.57. The van der Waals surface area contributed by atoms with Crippen molar-refractivity contribution < 1.29 is 9.72 Å². The molecule has 19 heavy (non-hydrogen) atoms. The van der Waals surface area contributed by atoms with Gasteiger partial charge in [0, 0.05) is 24.5 Å². The molecule has 0 unspecified atom stereocenters. The van der Waals surface area contributed by atoms with E-state index in [0.717, 1.165) is 0 Å². The summed E-state index contributed by atoms with van der Waals surface area (Å²) >= 11 is 0. The molecule has 0 saturated heterocycles. The first-order chi connectivity index (χ1) is 9.15. The summed E-state index contributed by atoms with van der Waals surface area (Å²) in [5.74, 6) is -0.0468. The SMILES string of the molecule is O=C(Cc1ccc([N+](=O)[O-])cc1)Nc1ncccn1. The van der Waals surface area contributed by atoms with Crippen molar-refractivity contribution in [1.82, 2.24) is 9.97 Å². The van der Waals surface area contributed by atoms with Gasteiger partial charge in [-0.15, -0.1) is 0 Å². The van der Waals surface area contributed by atoms with Crippen LogP contribution in [0.5, 0.6) is 0 Å². The summed E-state index contributed by atoms with van der Waals surface area (Å²) < 4.78 is 0. The number of aromatic nitrogens is 2. The van der Waals surface area contributed by atoms with Gasteiger partial charge in [-0.25, -0.2) is 9.97 Å². The van der Waals surface area contributed by atoms with Crippen LogP contribution in [-0.4, -0.2) is 20.8 Å². The predicted molar refractivity (Wildman–Crippen MR) is 67.5 cm³/mol. The van der Waals surface area contributed by atoms with Crippen LogP contribution in [0.15, 0.2) is 42.7 Å². The monoisotopic (exact) mass is 258 g/mol. The molecule has 0 aliphatic rings. The zero-order chi connectivity index (χ0) is 13.7. The largest absolute Gasteiger partial charge is 0.294 e.